The first-order valence-electron chi connectivity index (χ1n) is 5.14. The molecule has 1 aromatic carbocycles. The Morgan fingerprint density at radius 1 is 1.61 bits per heavy atom. The Kier molecular flexibility index (Phi) is 3.78. The molecule has 2 rings (SSSR count). The summed E-state index contributed by atoms with van der Waals surface area (Å²) in [6.07, 6.45) is 0. The molecule has 0 spiro atoms. The van der Waals surface area contributed by atoms with E-state index >= 15 is 0 Å². The fraction of sp³-hybridized carbons (Fsp3) is 0.300. The maximum Gasteiger partial charge on any atom is 0.271 e. The minimum atomic E-state index is -0.695. The summed E-state index contributed by atoms with van der Waals surface area (Å²) in [5.74, 6) is 0.178. The van der Waals surface area contributed by atoms with Crippen LogP contribution in [0.5, 0.6) is 0 Å². The second-order valence-electron chi connectivity index (χ2n) is 3.68. The van der Waals surface area contributed by atoms with E-state index in [2.05, 4.69) is 10.6 Å². The highest BCUT2D eigenvalue weighted by Crippen LogP contribution is 2.22. The molecule has 6 nitrogen and oxygen atoms in total. The number of thioether (sulfide) groups is 1. The number of non-ortho nitro benzene ring substituents is 1. The highest BCUT2D eigenvalue weighted by atomic mass is 32.2. The lowest BCUT2D eigenvalue weighted by atomic mass is 10.2. The number of carbonyl (C=O) groups excluding carboxylic acids is 1. The molecule has 1 amide bonds. The third-order valence-electron chi connectivity index (χ3n) is 2.45. The second kappa shape index (κ2) is 5.32. The van der Waals surface area contributed by atoms with Gasteiger partial charge in [0.15, 0.2) is 0 Å². The first-order valence-corrected chi connectivity index (χ1v) is 6.29. The largest absolute Gasteiger partial charge is 0.322 e. The second-order valence-corrected chi connectivity index (χ2v) is 4.71. The summed E-state index contributed by atoms with van der Waals surface area (Å²) in [7, 11) is 0. The van der Waals surface area contributed by atoms with Gasteiger partial charge in [-0.05, 0) is 6.07 Å². The first kappa shape index (κ1) is 12.8. The van der Waals surface area contributed by atoms with Crippen LogP contribution in [0.15, 0.2) is 18.2 Å². The molecule has 96 valence electrons. The van der Waals surface area contributed by atoms with Gasteiger partial charge in [0.1, 0.15) is 5.82 Å². The molecule has 1 heterocycles. The molecule has 18 heavy (non-hydrogen) atoms. The van der Waals surface area contributed by atoms with Crippen molar-refractivity contribution in [2.75, 3.05) is 16.9 Å². The van der Waals surface area contributed by atoms with Crippen LogP contribution < -0.4 is 10.6 Å². The number of rotatable bonds is 3. The average Bonchev–Trinajstić information content (AvgIpc) is 2.85. The zero-order chi connectivity index (χ0) is 13.1. The van der Waals surface area contributed by atoms with E-state index in [1.54, 1.807) is 11.8 Å². The number of carbonyl (C=O) groups is 1. The van der Waals surface area contributed by atoms with E-state index in [9.17, 15) is 19.3 Å². The van der Waals surface area contributed by atoms with Gasteiger partial charge in [-0.25, -0.2) is 4.39 Å². The monoisotopic (exact) mass is 271 g/mol. The fourth-order valence-corrected chi connectivity index (χ4v) is 2.45. The van der Waals surface area contributed by atoms with Crippen molar-refractivity contribution in [1.82, 2.24) is 5.32 Å². The number of nitrogens with zero attached hydrogens (tertiary/aromatic N) is 1. The summed E-state index contributed by atoms with van der Waals surface area (Å²) < 4.78 is 13.4. The third-order valence-corrected chi connectivity index (χ3v) is 3.39. The van der Waals surface area contributed by atoms with Crippen molar-refractivity contribution in [3.63, 3.8) is 0 Å². The number of anilines is 1. The molecule has 0 radical (unpaired) electrons. The maximum atomic E-state index is 13.4. The molecule has 1 aliphatic heterocycles. The Bertz CT molecular complexity index is 491. The summed E-state index contributed by atoms with van der Waals surface area (Å²) in [5, 5.41) is 15.8. The van der Waals surface area contributed by atoms with Gasteiger partial charge < -0.3 is 5.32 Å². The summed E-state index contributed by atoms with van der Waals surface area (Å²) in [5.41, 5.74) is -0.437. The van der Waals surface area contributed by atoms with Gasteiger partial charge in [-0.1, -0.05) is 0 Å². The van der Waals surface area contributed by atoms with Crippen LogP contribution in [0, 0.1) is 15.9 Å². The van der Waals surface area contributed by atoms with Gasteiger partial charge in [0.25, 0.3) is 5.69 Å². The van der Waals surface area contributed by atoms with Crippen LogP contribution in [0.3, 0.4) is 0 Å². The lowest BCUT2D eigenvalue weighted by Crippen LogP contribution is -2.37. The Morgan fingerprint density at radius 3 is 3.00 bits per heavy atom. The molecular weight excluding hydrogens is 261 g/mol. The van der Waals surface area contributed by atoms with Crippen molar-refractivity contribution in [2.24, 2.45) is 0 Å². The Labute approximate surface area is 106 Å². The standard InChI is InChI=1S/C10H10FN3O3S/c11-7-2-1-6(14(16)17)3-8(7)13-10(15)9-4-18-5-12-9/h1-3,9,12H,4-5H2,(H,13,15). The van der Waals surface area contributed by atoms with Crippen LogP contribution in [-0.2, 0) is 4.79 Å². The summed E-state index contributed by atoms with van der Waals surface area (Å²) in [4.78, 5) is 21.6. The van der Waals surface area contributed by atoms with E-state index in [-0.39, 0.29) is 17.3 Å². The summed E-state index contributed by atoms with van der Waals surface area (Å²) in [6, 6.07) is 2.63. The Morgan fingerprint density at radius 2 is 2.39 bits per heavy atom. The van der Waals surface area contributed by atoms with Crippen LogP contribution in [0.4, 0.5) is 15.8 Å². The normalized spacial score (nSPS) is 18.6. The molecule has 8 heteroatoms. The SMILES string of the molecule is O=C(Nc1cc([N+](=O)[O-])ccc1F)C1CSCN1. The van der Waals surface area contributed by atoms with Gasteiger partial charge in [-0.3, -0.25) is 20.2 Å². The average molecular weight is 271 g/mol. The van der Waals surface area contributed by atoms with Gasteiger partial charge in [0.05, 0.1) is 16.7 Å². The van der Waals surface area contributed by atoms with Crippen molar-refractivity contribution in [1.29, 1.82) is 0 Å². The van der Waals surface area contributed by atoms with E-state index in [0.717, 1.165) is 18.2 Å². The van der Waals surface area contributed by atoms with Crippen molar-refractivity contribution in [2.45, 2.75) is 6.04 Å². The molecule has 1 unspecified atom stereocenters. The quantitative estimate of drug-likeness (QED) is 0.640. The van der Waals surface area contributed by atoms with Crippen molar-refractivity contribution >= 4 is 29.0 Å². The minimum absolute atomic E-state index is 0.173. The van der Waals surface area contributed by atoms with Crippen LogP contribution in [-0.4, -0.2) is 28.5 Å². The van der Waals surface area contributed by atoms with Crippen LogP contribution in [0.1, 0.15) is 0 Å². The van der Waals surface area contributed by atoms with Gasteiger partial charge >= 0.3 is 0 Å². The molecule has 1 fully saturated rings. The number of amides is 1. The van der Waals surface area contributed by atoms with Crippen molar-refractivity contribution in [3.05, 3.63) is 34.1 Å². The number of hydrogen-bond donors (Lipinski definition) is 2. The number of nitrogens with one attached hydrogen (secondary N) is 2. The first-order chi connectivity index (χ1) is 8.58. The molecule has 1 atom stereocenters. The molecule has 1 saturated heterocycles. The topological polar surface area (TPSA) is 84.3 Å². The number of benzene rings is 1. The molecule has 0 saturated carbocycles. The molecule has 0 aromatic heterocycles. The molecule has 0 aliphatic carbocycles. The van der Waals surface area contributed by atoms with Crippen LogP contribution >= 0.6 is 11.8 Å². The Hall–Kier alpha value is -1.67. The van der Waals surface area contributed by atoms with Gasteiger partial charge in [0, 0.05) is 23.8 Å². The predicted octanol–water partition coefficient (Wildman–Crippen LogP) is 1.33. The molecule has 1 aliphatic rings. The summed E-state index contributed by atoms with van der Waals surface area (Å²) >= 11 is 1.56. The molecule has 1 aromatic rings. The maximum absolute atomic E-state index is 13.4. The van der Waals surface area contributed by atoms with Crippen molar-refractivity contribution < 1.29 is 14.1 Å². The zero-order valence-electron chi connectivity index (χ0n) is 9.18. The Balaban J connectivity index is 2.14. The predicted molar refractivity (Wildman–Crippen MR) is 65.9 cm³/mol. The van der Waals surface area contributed by atoms with E-state index in [4.69, 9.17) is 0 Å². The van der Waals surface area contributed by atoms with E-state index in [1.807, 2.05) is 0 Å². The lowest BCUT2D eigenvalue weighted by molar-refractivity contribution is -0.384. The smallest absolute Gasteiger partial charge is 0.271 e. The summed E-state index contributed by atoms with van der Waals surface area (Å²) in [6.45, 7) is 0. The molecule has 0 bridgehead atoms. The van der Waals surface area contributed by atoms with E-state index < -0.39 is 16.8 Å². The zero-order valence-corrected chi connectivity index (χ0v) is 10.00. The van der Waals surface area contributed by atoms with Gasteiger partial charge in [0.2, 0.25) is 5.91 Å². The molecule has 2 N–H and O–H groups in total. The van der Waals surface area contributed by atoms with Gasteiger partial charge in [-0.2, -0.15) is 0 Å². The van der Waals surface area contributed by atoms with Crippen LogP contribution in [0.2, 0.25) is 0 Å². The fourth-order valence-electron chi connectivity index (χ4n) is 1.51. The van der Waals surface area contributed by atoms with E-state index in [0.29, 0.717) is 11.6 Å². The number of nitro benzene ring substituents is 1. The minimum Gasteiger partial charge on any atom is -0.322 e. The highest BCUT2D eigenvalue weighted by Gasteiger charge is 2.23. The van der Waals surface area contributed by atoms with Crippen LogP contribution in [0.25, 0.3) is 0 Å². The number of halogens is 1. The number of hydrogen-bond acceptors (Lipinski definition) is 5. The number of nitro groups is 1. The van der Waals surface area contributed by atoms with E-state index in [1.165, 1.54) is 0 Å². The highest BCUT2D eigenvalue weighted by molar-refractivity contribution is 7.99. The van der Waals surface area contributed by atoms with Gasteiger partial charge in [-0.15, -0.1) is 11.8 Å². The van der Waals surface area contributed by atoms with Crippen molar-refractivity contribution in [3.8, 4) is 0 Å². The lowest BCUT2D eigenvalue weighted by Gasteiger charge is -2.10. The molecular formula is C10H10FN3O3S. The third kappa shape index (κ3) is 2.77.